The Hall–Kier alpha value is -2.44. The van der Waals surface area contributed by atoms with E-state index in [-0.39, 0.29) is 12.5 Å². The number of nitrogens with one attached hydrogen (secondary N) is 2. The molecule has 0 bridgehead atoms. The molecule has 1 aliphatic carbocycles. The number of carbonyl (C=O) groups is 2. The first-order valence-corrected chi connectivity index (χ1v) is 8.26. The predicted molar refractivity (Wildman–Crippen MR) is 91.2 cm³/mol. The van der Waals surface area contributed by atoms with Crippen molar-refractivity contribution < 1.29 is 14.3 Å². The van der Waals surface area contributed by atoms with Gasteiger partial charge in [0.1, 0.15) is 5.82 Å². The van der Waals surface area contributed by atoms with Crippen molar-refractivity contribution in [3.8, 4) is 0 Å². The van der Waals surface area contributed by atoms with E-state index in [2.05, 4.69) is 25.3 Å². The molecule has 1 fully saturated rings. The lowest BCUT2D eigenvalue weighted by Crippen LogP contribution is -2.34. The highest BCUT2D eigenvalue weighted by atomic mass is 16.5. The summed E-state index contributed by atoms with van der Waals surface area (Å²) in [6, 6.07) is 0. The summed E-state index contributed by atoms with van der Waals surface area (Å²) in [7, 11) is 1.31. The maximum absolute atomic E-state index is 11.9. The molecule has 1 aromatic heterocycles. The number of hydrogen-bond acceptors (Lipinski definition) is 6. The van der Waals surface area contributed by atoms with E-state index >= 15 is 0 Å². The van der Waals surface area contributed by atoms with Gasteiger partial charge in [0.2, 0.25) is 5.91 Å². The zero-order chi connectivity index (χ0) is 17.2. The number of carbonyl (C=O) groups excluding carboxylic acids is 2. The Morgan fingerprint density at radius 2 is 2.04 bits per heavy atom. The number of ether oxygens (including phenoxy) is 1. The van der Waals surface area contributed by atoms with E-state index in [1.165, 1.54) is 63.8 Å². The SMILES string of the molecule is COC(=O)/C=C/c1cnc(NCC(=O)NCC2CCCCC2)cn1. The van der Waals surface area contributed by atoms with Crippen LogP contribution >= 0.6 is 0 Å². The van der Waals surface area contributed by atoms with Gasteiger partial charge in [0.15, 0.2) is 0 Å². The highest BCUT2D eigenvalue weighted by molar-refractivity contribution is 5.86. The first-order chi connectivity index (χ1) is 11.7. The van der Waals surface area contributed by atoms with Gasteiger partial charge < -0.3 is 15.4 Å². The van der Waals surface area contributed by atoms with E-state index in [4.69, 9.17) is 0 Å². The first-order valence-electron chi connectivity index (χ1n) is 8.26. The molecule has 1 aromatic rings. The normalized spacial score (nSPS) is 15.2. The fraction of sp³-hybridized carbons (Fsp3) is 0.529. The standard InChI is InChI=1S/C17H24N4O3/c1-24-17(23)8-7-14-10-19-15(11-18-14)20-12-16(22)21-9-13-5-3-2-4-6-13/h7-8,10-11,13H,2-6,9,12H2,1H3,(H,19,20)(H,21,22)/b8-7+. The number of amides is 1. The minimum absolute atomic E-state index is 0.0444. The molecule has 1 saturated carbocycles. The first kappa shape index (κ1) is 17.9. The lowest BCUT2D eigenvalue weighted by atomic mass is 9.89. The zero-order valence-corrected chi connectivity index (χ0v) is 14.0. The topological polar surface area (TPSA) is 93.2 Å². The van der Waals surface area contributed by atoms with Gasteiger partial charge >= 0.3 is 5.97 Å². The van der Waals surface area contributed by atoms with Crippen molar-refractivity contribution in [1.82, 2.24) is 15.3 Å². The molecule has 2 rings (SSSR count). The van der Waals surface area contributed by atoms with Gasteiger partial charge in [-0.1, -0.05) is 19.3 Å². The molecule has 2 N–H and O–H groups in total. The smallest absolute Gasteiger partial charge is 0.330 e. The maximum Gasteiger partial charge on any atom is 0.330 e. The van der Waals surface area contributed by atoms with Gasteiger partial charge in [0, 0.05) is 12.6 Å². The van der Waals surface area contributed by atoms with E-state index in [1.807, 2.05) is 0 Å². The van der Waals surface area contributed by atoms with Crippen molar-refractivity contribution in [3.05, 3.63) is 24.2 Å². The third-order valence-electron chi connectivity index (χ3n) is 4.01. The second kappa shape index (κ2) is 9.64. The number of anilines is 1. The summed E-state index contributed by atoms with van der Waals surface area (Å²) in [6.45, 7) is 0.919. The van der Waals surface area contributed by atoms with Crippen molar-refractivity contribution >= 4 is 23.8 Å². The van der Waals surface area contributed by atoms with Gasteiger partial charge in [0.05, 0.1) is 31.7 Å². The summed E-state index contributed by atoms with van der Waals surface area (Å²) < 4.78 is 4.50. The summed E-state index contributed by atoms with van der Waals surface area (Å²) in [5, 5.41) is 5.90. The van der Waals surface area contributed by atoms with Crippen molar-refractivity contribution in [3.63, 3.8) is 0 Å². The fourth-order valence-corrected chi connectivity index (χ4v) is 2.62. The average Bonchev–Trinajstić information content (AvgIpc) is 2.64. The van der Waals surface area contributed by atoms with Crippen LogP contribution in [0.25, 0.3) is 6.08 Å². The fourth-order valence-electron chi connectivity index (χ4n) is 2.62. The van der Waals surface area contributed by atoms with E-state index in [1.54, 1.807) is 0 Å². The van der Waals surface area contributed by atoms with Gasteiger partial charge in [-0.25, -0.2) is 9.78 Å². The molecular formula is C17H24N4O3. The molecule has 7 heteroatoms. The molecule has 24 heavy (non-hydrogen) atoms. The van der Waals surface area contributed by atoms with Crippen molar-refractivity contribution in [1.29, 1.82) is 0 Å². The van der Waals surface area contributed by atoms with E-state index in [9.17, 15) is 9.59 Å². The van der Waals surface area contributed by atoms with Crippen molar-refractivity contribution in [2.75, 3.05) is 25.5 Å². The largest absolute Gasteiger partial charge is 0.466 e. The summed E-state index contributed by atoms with van der Waals surface area (Å²) in [5.74, 6) is 0.632. The molecular weight excluding hydrogens is 308 g/mol. The molecule has 0 atom stereocenters. The van der Waals surface area contributed by atoms with Crippen LogP contribution in [0.3, 0.4) is 0 Å². The lowest BCUT2D eigenvalue weighted by molar-refractivity contribution is -0.134. The van der Waals surface area contributed by atoms with Crippen LogP contribution in [0.1, 0.15) is 37.8 Å². The molecule has 130 valence electrons. The number of aromatic nitrogens is 2. The Kier molecular flexibility index (Phi) is 7.20. The molecule has 0 saturated heterocycles. The Morgan fingerprint density at radius 1 is 1.25 bits per heavy atom. The summed E-state index contributed by atoms with van der Waals surface area (Å²) >= 11 is 0. The van der Waals surface area contributed by atoms with E-state index < -0.39 is 5.97 Å². The number of rotatable bonds is 7. The molecule has 0 aliphatic heterocycles. The molecule has 7 nitrogen and oxygen atoms in total. The Balaban J connectivity index is 1.70. The summed E-state index contributed by atoms with van der Waals surface area (Å²) in [6.07, 6.45) is 12.1. The number of methoxy groups -OCH3 is 1. The van der Waals surface area contributed by atoms with Crippen LogP contribution in [0.5, 0.6) is 0 Å². The van der Waals surface area contributed by atoms with Gasteiger partial charge in [-0.05, 0) is 24.8 Å². The van der Waals surface area contributed by atoms with Crippen LogP contribution < -0.4 is 10.6 Å². The average molecular weight is 332 g/mol. The zero-order valence-electron chi connectivity index (χ0n) is 14.0. The molecule has 1 amide bonds. The van der Waals surface area contributed by atoms with E-state index in [0.717, 1.165) is 6.54 Å². The molecule has 1 aliphatic rings. The van der Waals surface area contributed by atoms with E-state index in [0.29, 0.717) is 17.4 Å². The van der Waals surface area contributed by atoms with Crippen LogP contribution in [0, 0.1) is 5.92 Å². The Morgan fingerprint density at radius 3 is 2.71 bits per heavy atom. The Labute approximate surface area is 141 Å². The third kappa shape index (κ3) is 6.36. The number of hydrogen-bond donors (Lipinski definition) is 2. The second-order valence-electron chi connectivity index (χ2n) is 5.84. The van der Waals surface area contributed by atoms with Gasteiger partial charge in [-0.2, -0.15) is 0 Å². The number of esters is 1. The predicted octanol–water partition coefficient (Wildman–Crippen LogP) is 1.77. The van der Waals surface area contributed by atoms with Crippen molar-refractivity contribution in [2.45, 2.75) is 32.1 Å². The highest BCUT2D eigenvalue weighted by Crippen LogP contribution is 2.22. The van der Waals surface area contributed by atoms with Crippen LogP contribution in [0.4, 0.5) is 5.82 Å². The van der Waals surface area contributed by atoms with Gasteiger partial charge in [-0.3, -0.25) is 9.78 Å². The summed E-state index contributed by atoms with van der Waals surface area (Å²) in [5.41, 5.74) is 0.535. The second-order valence-corrected chi connectivity index (χ2v) is 5.84. The molecule has 0 unspecified atom stereocenters. The quantitative estimate of drug-likeness (QED) is 0.584. The minimum Gasteiger partial charge on any atom is -0.466 e. The third-order valence-corrected chi connectivity index (χ3v) is 4.01. The molecule has 0 aromatic carbocycles. The van der Waals surface area contributed by atoms with Crippen LogP contribution in [0.15, 0.2) is 18.5 Å². The van der Waals surface area contributed by atoms with Crippen molar-refractivity contribution in [2.24, 2.45) is 5.92 Å². The number of nitrogens with zero attached hydrogens (tertiary/aromatic N) is 2. The maximum atomic E-state index is 11.9. The molecule has 1 heterocycles. The Bertz CT molecular complexity index is 566. The van der Waals surface area contributed by atoms with Crippen LogP contribution in [-0.4, -0.2) is 42.0 Å². The van der Waals surface area contributed by atoms with Gasteiger partial charge in [-0.15, -0.1) is 0 Å². The summed E-state index contributed by atoms with van der Waals surface area (Å²) in [4.78, 5) is 31.1. The molecule has 0 radical (unpaired) electrons. The van der Waals surface area contributed by atoms with Crippen LogP contribution in [0.2, 0.25) is 0 Å². The van der Waals surface area contributed by atoms with Gasteiger partial charge in [0.25, 0.3) is 0 Å². The minimum atomic E-state index is -0.450. The molecule has 0 spiro atoms. The monoisotopic (exact) mass is 332 g/mol. The lowest BCUT2D eigenvalue weighted by Gasteiger charge is -2.21. The highest BCUT2D eigenvalue weighted by Gasteiger charge is 2.14. The van der Waals surface area contributed by atoms with Crippen LogP contribution in [-0.2, 0) is 14.3 Å².